The number of carbonyl (C=O) groups excluding carboxylic acids is 3. The number of aromatic nitrogens is 2. The lowest BCUT2D eigenvalue weighted by Crippen LogP contribution is -2.55. The lowest BCUT2D eigenvalue weighted by molar-refractivity contribution is -0.142. The van der Waals surface area contributed by atoms with Gasteiger partial charge in [0, 0.05) is 31.2 Å². The number of carbonyl (C=O) groups is 4. The summed E-state index contributed by atoms with van der Waals surface area (Å²) in [4.78, 5) is 54.5. The second kappa shape index (κ2) is 11.5. The molecule has 0 bridgehead atoms. The molecule has 31 heavy (non-hydrogen) atoms. The number of nitrogens with zero attached hydrogens (tertiary/aromatic N) is 1. The van der Waals surface area contributed by atoms with Gasteiger partial charge in [0.05, 0.1) is 12.4 Å². The van der Waals surface area contributed by atoms with Crippen molar-refractivity contribution >= 4 is 23.7 Å². The number of carboxylic acids is 1. The summed E-state index contributed by atoms with van der Waals surface area (Å²) in [6, 6.07) is 5.49. The van der Waals surface area contributed by atoms with Crippen LogP contribution in [0, 0.1) is 0 Å². The molecule has 0 aliphatic rings. The monoisotopic (exact) mass is 430 g/mol. The summed E-state index contributed by atoms with van der Waals surface area (Å²) in [6.07, 6.45) is 2.95. The molecular formula is C20H26N6O5. The quantitative estimate of drug-likeness (QED) is 0.244. The Hall–Kier alpha value is -3.73. The maximum atomic E-state index is 12.9. The Labute approximate surface area is 178 Å². The fraction of sp³-hybridized carbons (Fsp3) is 0.350. The van der Waals surface area contributed by atoms with Crippen molar-refractivity contribution in [2.24, 2.45) is 11.5 Å². The van der Waals surface area contributed by atoms with Crippen LogP contribution in [0.3, 0.4) is 0 Å². The van der Waals surface area contributed by atoms with Gasteiger partial charge in [-0.1, -0.05) is 30.3 Å². The van der Waals surface area contributed by atoms with E-state index in [1.54, 1.807) is 30.3 Å². The zero-order valence-corrected chi connectivity index (χ0v) is 16.8. The molecule has 3 atom stereocenters. The van der Waals surface area contributed by atoms with Crippen LogP contribution < -0.4 is 22.1 Å². The molecule has 1 aromatic carbocycles. The number of amides is 3. The summed E-state index contributed by atoms with van der Waals surface area (Å²) < 4.78 is 0. The van der Waals surface area contributed by atoms with Crippen molar-refractivity contribution in [2.45, 2.75) is 43.8 Å². The van der Waals surface area contributed by atoms with Crippen LogP contribution in [0.4, 0.5) is 0 Å². The molecular weight excluding hydrogens is 404 g/mol. The third kappa shape index (κ3) is 7.90. The molecule has 0 fully saturated rings. The lowest BCUT2D eigenvalue weighted by atomic mass is 10.0. The topological polar surface area (TPSA) is 193 Å². The third-order valence-electron chi connectivity index (χ3n) is 4.55. The molecule has 2 rings (SSSR count). The van der Waals surface area contributed by atoms with E-state index < -0.39 is 41.8 Å². The van der Waals surface area contributed by atoms with Crippen LogP contribution in [0.5, 0.6) is 0 Å². The number of rotatable bonds is 12. The standard InChI is InChI=1S/C20H26N6O5/c21-14(6-7-17(22)27)18(28)25-15(9-13-10-23-11-24-13)19(29)26-16(20(30)31)8-12-4-2-1-3-5-12/h1-5,10-11,14-16H,6-9,21H2,(H2,22,27)(H,23,24)(H,25,28)(H,26,29)(H,30,31)/t14-,15-,16-/m0/s1. The number of nitrogens with one attached hydrogen (secondary N) is 3. The number of primary amides is 1. The second-order valence-electron chi connectivity index (χ2n) is 7.04. The molecule has 0 spiro atoms. The minimum atomic E-state index is -1.21. The third-order valence-corrected chi connectivity index (χ3v) is 4.55. The highest BCUT2D eigenvalue weighted by atomic mass is 16.4. The summed E-state index contributed by atoms with van der Waals surface area (Å²) >= 11 is 0. The number of H-pyrrole nitrogens is 1. The van der Waals surface area contributed by atoms with Gasteiger partial charge in [-0.05, 0) is 12.0 Å². The van der Waals surface area contributed by atoms with E-state index in [1.165, 1.54) is 12.5 Å². The summed E-state index contributed by atoms with van der Waals surface area (Å²) in [6.45, 7) is 0. The predicted octanol–water partition coefficient (Wildman–Crippen LogP) is -1.16. The summed E-state index contributed by atoms with van der Waals surface area (Å²) in [5.74, 6) is -3.15. The maximum Gasteiger partial charge on any atom is 0.326 e. The van der Waals surface area contributed by atoms with Gasteiger partial charge in [0.2, 0.25) is 17.7 Å². The van der Waals surface area contributed by atoms with Crippen molar-refractivity contribution in [3.05, 3.63) is 54.1 Å². The number of aromatic amines is 1. The molecule has 0 unspecified atom stereocenters. The number of benzene rings is 1. The van der Waals surface area contributed by atoms with Gasteiger partial charge >= 0.3 is 5.97 Å². The van der Waals surface area contributed by atoms with Crippen LogP contribution in [-0.2, 0) is 32.0 Å². The maximum absolute atomic E-state index is 12.9. The average Bonchev–Trinajstić information content (AvgIpc) is 3.24. The molecule has 0 radical (unpaired) electrons. The van der Waals surface area contributed by atoms with E-state index in [2.05, 4.69) is 20.6 Å². The van der Waals surface area contributed by atoms with Gasteiger partial charge in [0.1, 0.15) is 12.1 Å². The molecule has 1 aromatic heterocycles. The fourth-order valence-corrected chi connectivity index (χ4v) is 2.86. The highest BCUT2D eigenvalue weighted by Crippen LogP contribution is 2.06. The van der Waals surface area contributed by atoms with E-state index in [9.17, 15) is 24.3 Å². The van der Waals surface area contributed by atoms with Crippen LogP contribution in [0.2, 0.25) is 0 Å². The van der Waals surface area contributed by atoms with Gasteiger partial charge in [-0.15, -0.1) is 0 Å². The van der Waals surface area contributed by atoms with Crippen molar-refractivity contribution in [1.29, 1.82) is 0 Å². The van der Waals surface area contributed by atoms with Crippen molar-refractivity contribution in [1.82, 2.24) is 20.6 Å². The molecule has 1 heterocycles. The van der Waals surface area contributed by atoms with Crippen molar-refractivity contribution in [3.63, 3.8) is 0 Å². The number of carboxylic acid groups (broad SMARTS) is 1. The van der Waals surface area contributed by atoms with E-state index in [0.29, 0.717) is 5.69 Å². The van der Waals surface area contributed by atoms with Crippen LogP contribution >= 0.6 is 0 Å². The minimum Gasteiger partial charge on any atom is -0.480 e. The predicted molar refractivity (Wildman–Crippen MR) is 110 cm³/mol. The summed E-state index contributed by atoms with van der Waals surface area (Å²) in [5.41, 5.74) is 12.1. The number of imidazole rings is 1. The van der Waals surface area contributed by atoms with E-state index in [0.717, 1.165) is 5.56 Å². The van der Waals surface area contributed by atoms with Crippen molar-refractivity contribution in [3.8, 4) is 0 Å². The zero-order chi connectivity index (χ0) is 22.8. The minimum absolute atomic E-state index is 0.0192. The Morgan fingerprint density at radius 3 is 2.29 bits per heavy atom. The molecule has 11 heteroatoms. The molecule has 11 nitrogen and oxygen atoms in total. The van der Waals surface area contributed by atoms with Crippen LogP contribution in [-0.4, -0.2) is 56.9 Å². The first-order valence-corrected chi connectivity index (χ1v) is 9.65. The molecule has 0 saturated carbocycles. The Bertz CT molecular complexity index is 887. The van der Waals surface area contributed by atoms with Gasteiger partial charge in [0.25, 0.3) is 0 Å². The number of nitrogens with two attached hydrogens (primary N) is 2. The Morgan fingerprint density at radius 2 is 1.71 bits per heavy atom. The Kier molecular flexibility index (Phi) is 8.70. The summed E-state index contributed by atoms with van der Waals surface area (Å²) in [5, 5.41) is 14.5. The Morgan fingerprint density at radius 1 is 1.03 bits per heavy atom. The van der Waals surface area contributed by atoms with Gasteiger partial charge in [-0.25, -0.2) is 9.78 Å². The van der Waals surface area contributed by atoms with Gasteiger partial charge in [0.15, 0.2) is 0 Å². The first kappa shape index (κ1) is 23.5. The van der Waals surface area contributed by atoms with Crippen molar-refractivity contribution in [2.75, 3.05) is 0 Å². The molecule has 166 valence electrons. The molecule has 3 amide bonds. The van der Waals surface area contributed by atoms with Gasteiger partial charge in [-0.3, -0.25) is 14.4 Å². The second-order valence-corrected chi connectivity index (χ2v) is 7.04. The van der Waals surface area contributed by atoms with Gasteiger partial charge in [-0.2, -0.15) is 0 Å². The Balaban J connectivity index is 2.09. The van der Waals surface area contributed by atoms with Crippen molar-refractivity contribution < 1.29 is 24.3 Å². The highest BCUT2D eigenvalue weighted by Gasteiger charge is 2.28. The molecule has 8 N–H and O–H groups in total. The van der Waals surface area contributed by atoms with Crippen LogP contribution in [0.15, 0.2) is 42.9 Å². The van der Waals surface area contributed by atoms with E-state index in [4.69, 9.17) is 11.5 Å². The zero-order valence-electron chi connectivity index (χ0n) is 16.8. The fourth-order valence-electron chi connectivity index (χ4n) is 2.86. The average molecular weight is 430 g/mol. The highest BCUT2D eigenvalue weighted by molar-refractivity contribution is 5.92. The first-order valence-electron chi connectivity index (χ1n) is 9.65. The van der Waals surface area contributed by atoms with Gasteiger partial charge < -0.3 is 32.2 Å². The molecule has 0 aliphatic carbocycles. The normalized spacial score (nSPS) is 13.6. The SMILES string of the molecule is NC(=O)CC[C@H](N)C(=O)N[C@@H](Cc1cnc[nH]1)C(=O)N[C@@H](Cc1ccccc1)C(=O)O. The number of aliphatic carboxylic acids is 1. The largest absolute Gasteiger partial charge is 0.480 e. The van der Waals surface area contributed by atoms with Crippen LogP contribution in [0.1, 0.15) is 24.1 Å². The first-order chi connectivity index (χ1) is 14.8. The smallest absolute Gasteiger partial charge is 0.326 e. The number of hydrogen-bond donors (Lipinski definition) is 6. The summed E-state index contributed by atoms with van der Waals surface area (Å²) in [7, 11) is 0. The van der Waals surface area contributed by atoms with E-state index in [-0.39, 0.29) is 25.7 Å². The number of hydrogen-bond acceptors (Lipinski definition) is 6. The van der Waals surface area contributed by atoms with E-state index in [1.807, 2.05) is 0 Å². The molecule has 0 saturated heterocycles. The molecule has 0 aliphatic heterocycles. The molecule has 2 aromatic rings. The lowest BCUT2D eigenvalue weighted by Gasteiger charge is -2.22. The van der Waals surface area contributed by atoms with Crippen LogP contribution in [0.25, 0.3) is 0 Å². The van der Waals surface area contributed by atoms with E-state index >= 15 is 0 Å².